The third kappa shape index (κ3) is 3.48. The molecule has 0 aromatic heterocycles. The minimum Gasteiger partial charge on any atom is -0.396 e. The molecule has 1 unspecified atom stereocenters. The van der Waals surface area contributed by atoms with Crippen LogP contribution in [0.2, 0.25) is 5.02 Å². The Morgan fingerprint density at radius 2 is 2.30 bits per heavy atom. The highest BCUT2D eigenvalue weighted by molar-refractivity contribution is 6.31. The van der Waals surface area contributed by atoms with Gasteiger partial charge in [-0.2, -0.15) is 0 Å². The molecule has 1 atom stereocenters. The summed E-state index contributed by atoms with van der Waals surface area (Å²) in [5.74, 6) is 0. The van der Waals surface area contributed by atoms with Gasteiger partial charge in [0.1, 0.15) is 0 Å². The van der Waals surface area contributed by atoms with E-state index < -0.39 is 0 Å². The van der Waals surface area contributed by atoms with Crippen LogP contribution in [0.15, 0.2) is 18.2 Å². The number of halogens is 1. The van der Waals surface area contributed by atoms with Gasteiger partial charge in [0.05, 0.1) is 15.5 Å². The first-order chi connectivity index (χ1) is 9.63. The smallest absolute Gasteiger partial charge is 0.275 e. The van der Waals surface area contributed by atoms with E-state index in [-0.39, 0.29) is 17.2 Å². The molecule has 0 saturated carbocycles. The number of hydrogen-bond donors (Lipinski definition) is 1. The second kappa shape index (κ2) is 7.02. The molecular formula is C14H19ClN2O3. The zero-order chi connectivity index (χ0) is 14.5. The summed E-state index contributed by atoms with van der Waals surface area (Å²) in [5, 5.41) is 20.5. The first-order valence-corrected chi connectivity index (χ1v) is 7.28. The molecule has 6 heteroatoms. The van der Waals surface area contributed by atoms with Crippen molar-refractivity contribution in [1.82, 2.24) is 4.90 Å². The zero-order valence-corrected chi connectivity index (χ0v) is 12.1. The average molecular weight is 299 g/mol. The fraction of sp³-hybridized carbons (Fsp3) is 0.571. The second-order valence-corrected chi connectivity index (χ2v) is 5.53. The molecule has 2 rings (SSSR count). The van der Waals surface area contributed by atoms with Crippen LogP contribution < -0.4 is 0 Å². The minimum absolute atomic E-state index is 0.0882. The van der Waals surface area contributed by atoms with Gasteiger partial charge in [0, 0.05) is 25.3 Å². The molecule has 0 amide bonds. The van der Waals surface area contributed by atoms with Gasteiger partial charge >= 0.3 is 0 Å². The first-order valence-electron chi connectivity index (χ1n) is 6.90. The Morgan fingerprint density at radius 3 is 3.00 bits per heavy atom. The number of benzene rings is 1. The number of nitro groups is 1. The van der Waals surface area contributed by atoms with Gasteiger partial charge in [-0.3, -0.25) is 15.0 Å². The van der Waals surface area contributed by atoms with Crippen LogP contribution in [0.3, 0.4) is 0 Å². The van der Waals surface area contributed by atoms with Gasteiger partial charge in [-0.05, 0) is 38.3 Å². The lowest BCUT2D eigenvalue weighted by molar-refractivity contribution is -0.385. The summed E-state index contributed by atoms with van der Waals surface area (Å²) >= 11 is 6.13. The summed E-state index contributed by atoms with van der Waals surface area (Å²) in [6.07, 6.45) is 3.87. The van der Waals surface area contributed by atoms with Crippen LogP contribution in [-0.4, -0.2) is 34.1 Å². The molecule has 20 heavy (non-hydrogen) atoms. The number of rotatable bonds is 6. The molecule has 1 saturated heterocycles. The van der Waals surface area contributed by atoms with E-state index in [0.717, 1.165) is 32.2 Å². The van der Waals surface area contributed by atoms with Crippen molar-refractivity contribution in [3.63, 3.8) is 0 Å². The zero-order valence-electron chi connectivity index (χ0n) is 11.3. The summed E-state index contributed by atoms with van der Waals surface area (Å²) in [6, 6.07) is 5.19. The number of nitrogens with zero attached hydrogens (tertiary/aromatic N) is 2. The highest BCUT2D eigenvalue weighted by Crippen LogP contribution is 2.31. The number of aliphatic hydroxyl groups is 1. The summed E-state index contributed by atoms with van der Waals surface area (Å²) in [7, 11) is 0. The molecule has 1 fully saturated rings. The Kier molecular flexibility index (Phi) is 5.34. The van der Waals surface area contributed by atoms with Crippen LogP contribution in [0.1, 0.15) is 31.2 Å². The second-order valence-electron chi connectivity index (χ2n) is 5.13. The molecule has 110 valence electrons. The summed E-state index contributed by atoms with van der Waals surface area (Å²) in [6.45, 7) is 1.63. The molecule has 1 N–H and O–H groups in total. The summed E-state index contributed by atoms with van der Waals surface area (Å²) in [4.78, 5) is 13.0. The molecule has 1 aromatic carbocycles. The molecule has 1 aliphatic heterocycles. The third-order valence-electron chi connectivity index (χ3n) is 3.85. The number of aliphatic hydroxyl groups excluding tert-OH is 1. The molecule has 0 radical (unpaired) electrons. The maximum absolute atomic E-state index is 11.1. The van der Waals surface area contributed by atoms with E-state index in [2.05, 4.69) is 4.90 Å². The van der Waals surface area contributed by atoms with Crippen molar-refractivity contribution in [3.05, 3.63) is 38.9 Å². The quantitative estimate of drug-likeness (QED) is 0.647. The van der Waals surface area contributed by atoms with Crippen LogP contribution in [0, 0.1) is 10.1 Å². The third-order valence-corrected chi connectivity index (χ3v) is 4.20. The monoisotopic (exact) mass is 298 g/mol. The van der Waals surface area contributed by atoms with Crippen molar-refractivity contribution in [2.45, 2.75) is 38.3 Å². The van der Waals surface area contributed by atoms with Crippen LogP contribution in [0.5, 0.6) is 0 Å². The number of likely N-dealkylation sites (tertiary alicyclic amines) is 1. The molecule has 0 spiro atoms. The van der Waals surface area contributed by atoms with Crippen molar-refractivity contribution in [2.24, 2.45) is 0 Å². The molecule has 0 aliphatic carbocycles. The molecule has 1 aliphatic rings. The summed E-state index contributed by atoms with van der Waals surface area (Å²) < 4.78 is 0. The van der Waals surface area contributed by atoms with E-state index in [9.17, 15) is 10.1 Å². The highest BCUT2D eigenvalue weighted by atomic mass is 35.5. The fourth-order valence-corrected chi connectivity index (χ4v) is 3.06. The lowest BCUT2D eigenvalue weighted by atomic mass is 10.1. The standard InChI is InChI=1S/C14H19ClN2O3/c15-13-6-1-7-14(17(19)20)12(13)10-16-8-2-4-11(16)5-3-9-18/h1,6-7,11,18H,2-5,8-10H2. The minimum atomic E-state index is -0.375. The van der Waals surface area contributed by atoms with E-state index >= 15 is 0 Å². The Balaban J connectivity index is 2.14. The lowest BCUT2D eigenvalue weighted by Crippen LogP contribution is -2.29. The van der Waals surface area contributed by atoms with E-state index in [1.165, 1.54) is 6.07 Å². The SMILES string of the molecule is O=[N+]([O-])c1cccc(Cl)c1CN1CCCC1CCCO. The molecular weight excluding hydrogens is 280 g/mol. The lowest BCUT2D eigenvalue weighted by Gasteiger charge is -2.24. The Hall–Kier alpha value is -1.17. The van der Waals surface area contributed by atoms with Gasteiger partial charge in [0.25, 0.3) is 5.69 Å². The predicted octanol–water partition coefficient (Wildman–Crippen LogP) is 2.99. The van der Waals surface area contributed by atoms with Gasteiger partial charge in [-0.15, -0.1) is 0 Å². The average Bonchev–Trinajstić information content (AvgIpc) is 2.85. The normalized spacial score (nSPS) is 19.4. The Labute approximate surface area is 123 Å². The van der Waals surface area contributed by atoms with Crippen LogP contribution in [0.4, 0.5) is 5.69 Å². The van der Waals surface area contributed by atoms with Crippen molar-refractivity contribution in [3.8, 4) is 0 Å². The molecule has 1 aromatic rings. The molecule has 0 bridgehead atoms. The maximum atomic E-state index is 11.1. The number of hydrogen-bond acceptors (Lipinski definition) is 4. The fourth-order valence-electron chi connectivity index (χ4n) is 2.84. The van der Waals surface area contributed by atoms with E-state index in [1.807, 2.05) is 0 Å². The van der Waals surface area contributed by atoms with Crippen LogP contribution in [-0.2, 0) is 6.54 Å². The van der Waals surface area contributed by atoms with Gasteiger partial charge in [0.15, 0.2) is 0 Å². The largest absolute Gasteiger partial charge is 0.396 e. The summed E-state index contributed by atoms with van der Waals surface area (Å²) in [5.41, 5.74) is 0.681. The first kappa shape index (κ1) is 15.2. The topological polar surface area (TPSA) is 66.6 Å². The number of nitro benzene ring substituents is 1. The van der Waals surface area contributed by atoms with Gasteiger partial charge in [-0.1, -0.05) is 17.7 Å². The van der Waals surface area contributed by atoms with E-state index in [1.54, 1.807) is 12.1 Å². The van der Waals surface area contributed by atoms with Crippen molar-refractivity contribution in [2.75, 3.05) is 13.2 Å². The molecule has 5 nitrogen and oxygen atoms in total. The predicted molar refractivity (Wildman–Crippen MR) is 77.9 cm³/mol. The van der Waals surface area contributed by atoms with Crippen LogP contribution in [0.25, 0.3) is 0 Å². The van der Waals surface area contributed by atoms with E-state index in [4.69, 9.17) is 16.7 Å². The van der Waals surface area contributed by atoms with Crippen molar-refractivity contribution >= 4 is 17.3 Å². The van der Waals surface area contributed by atoms with Gasteiger partial charge in [0.2, 0.25) is 0 Å². The maximum Gasteiger partial charge on any atom is 0.275 e. The van der Waals surface area contributed by atoms with Gasteiger partial charge in [-0.25, -0.2) is 0 Å². The molecule has 1 heterocycles. The van der Waals surface area contributed by atoms with Crippen molar-refractivity contribution < 1.29 is 10.0 Å². The highest BCUT2D eigenvalue weighted by Gasteiger charge is 2.27. The van der Waals surface area contributed by atoms with Crippen molar-refractivity contribution in [1.29, 1.82) is 0 Å². The Bertz CT molecular complexity index is 481. The van der Waals surface area contributed by atoms with Gasteiger partial charge < -0.3 is 5.11 Å². The Morgan fingerprint density at radius 1 is 1.50 bits per heavy atom. The van der Waals surface area contributed by atoms with Crippen LogP contribution >= 0.6 is 11.6 Å². The van der Waals surface area contributed by atoms with E-state index in [0.29, 0.717) is 23.2 Å².